The lowest BCUT2D eigenvalue weighted by atomic mass is 9.81. The van der Waals surface area contributed by atoms with E-state index >= 15 is 0 Å². The molecule has 3 rings (SSSR count). The molecule has 34 heavy (non-hydrogen) atoms. The van der Waals surface area contributed by atoms with Crippen LogP contribution in [-0.2, 0) is 12.8 Å². The first-order valence-corrected chi connectivity index (χ1v) is 12.4. The molecule has 3 aromatic rings. The van der Waals surface area contributed by atoms with Crippen LogP contribution in [0.4, 0.5) is 0 Å². The number of benzene rings is 3. The van der Waals surface area contributed by atoms with Crippen molar-refractivity contribution in [2.24, 2.45) is 0 Å². The van der Waals surface area contributed by atoms with Crippen LogP contribution in [0.15, 0.2) is 116 Å². The normalized spacial score (nSPS) is 11.9. The zero-order valence-electron chi connectivity index (χ0n) is 20.9. The van der Waals surface area contributed by atoms with Crippen LogP contribution in [0.2, 0.25) is 0 Å². The molecule has 0 heteroatoms. The van der Waals surface area contributed by atoms with E-state index in [2.05, 4.69) is 119 Å². The molecule has 0 fully saturated rings. The molecule has 0 saturated carbocycles. The summed E-state index contributed by atoms with van der Waals surface area (Å²) in [6.07, 6.45) is 9.38. The van der Waals surface area contributed by atoms with Gasteiger partial charge in [0.2, 0.25) is 0 Å². The highest BCUT2D eigenvalue weighted by Gasteiger charge is 2.19. The summed E-state index contributed by atoms with van der Waals surface area (Å²) in [4.78, 5) is 0. The Hall–Kier alpha value is -3.38. The van der Waals surface area contributed by atoms with Crippen molar-refractivity contribution in [2.75, 3.05) is 0 Å². The van der Waals surface area contributed by atoms with Gasteiger partial charge < -0.3 is 0 Å². The molecule has 0 aliphatic carbocycles. The first-order chi connectivity index (χ1) is 16.5. The van der Waals surface area contributed by atoms with Gasteiger partial charge in [-0.25, -0.2) is 0 Å². The van der Waals surface area contributed by atoms with E-state index in [1.165, 1.54) is 39.0 Å². The molecule has 0 spiro atoms. The fraction of sp³-hybridized carbons (Fsp3) is 0.235. The van der Waals surface area contributed by atoms with Crippen LogP contribution in [0.25, 0.3) is 11.6 Å². The molecule has 0 aliphatic heterocycles. The van der Waals surface area contributed by atoms with Gasteiger partial charge in [-0.2, -0.15) is 0 Å². The van der Waals surface area contributed by atoms with Crippen LogP contribution >= 0.6 is 0 Å². The Labute approximate surface area is 207 Å². The number of allylic oxidation sites excluding steroid dienone is 4. The lowest BCUT2D eigenvalue weighted by molar-refractivity contribution is 0.841. The highest BCUT2D eigenvalue weighted by Crippen LogP contribution is 2.38. The molecule has 0 N–H and O–H groups in total. The molecule has 0 aromatic heterocycles. The summed E-state index contributed by atoms with van der Waals surface area (Å²) in [5, 5.41) is 0. The summed E-state index contributed by atoms with van der Waals surface area (Å²) in [6, 6.07) is 27.9. The van der Waals surface area contributed by atoms with Gasteiger partial charge in [0.05, 0.1) is 0 Å². The number of hydrogen-bond donors (Lipinski definition) is 0. The maximum atomic E-state index is 4.50. The van der Waals surface area contributed by atoms with E-state index in [9.17, 15) is 0 Å². The third-order valence-electron chi connectivity index (χ3n) is 6.54. The first kappa shape index (κ1) is 25.2. The highest BCUT2D eigenvalue weighted by atomic mass is 14.2. The SMILES string of the molecule is C=C(C/C=C/c1cc(CC)ccc1CC)CCC(=C)C(C(=C)c1ccccc1)c1ccccc1. The van der Waals surface area contributed by atoms with Gasteiger partial charge in [0.1, 0.15) is 0 Å². The van der Waals surface area contributed by atoms with E-state index in [0.717, 1.165) is 37.7 Å². The van der Waals surface area contributed by atoms with Crippen molar-refractivity contribution in [3.05, 3.63) is 144 Å². The molecule has 174 valence electrons. The topological polar surface area (TPSA) is 0 Å². The summed E-state index contributed by atoms with van der Waals surface area (Å²) in [7, 11) is 0. The number of aryl methyl sites for hydroxylation is 2. The lowest BCUT2D eigenvalue weighted by Gasteiger charge is -2.23. The van der Waals surface area contributed by atoms with Crippen molar-refractivity contribution in [1.29, 1.82) is 0 Å². The van der Waals surface area contributed by atoms with Crippen LogP contribution in [0.3, 0.4) is 0 Å². The van der Waals surface area contributed by atoms with Crippen molar-refractivity contribution in [3.63, 3.8) is 0 Å². The Balaban J connectivity index is 1.65. The molecule has 3 aromatic carbocycles. The molecule has 0 bridgehead atoms. The minimum atomic E-state index is 0.107. The summed E-state index contributed by atoms with van der Waals surface area (Å²) >= 11 is 0. The van der Waals surface area contributed by atoms with E-state index < -0.39 is 0 Å². The van der Waals surface area contributed by atoms with Crippen LogP contribution in [-0.4, -0.2) is 0 Å². The van der Waals surface area contributed by atoms with Crippen LogP contribution in [0.5, 0.6) is 0 Å². The van der Waals surface area contributed by atoms with Gasteiger partial charge in [0.25, 0.3) is 0 Å². The second kappa shape index (κ2) is 12.8. The summed E-state index contributed by atoms with van der Waals surface area (Å²) < 4.78 is 0. The highest BCUT2D eigenvalue weighted by molar-refractivity contribution is 5.72. The fourth-order valence-corrected chi connectivity index (χ4v) is 4.43. The average molecular weight is 447 g/mol. The van der Waals surface area contributed by atoms with Gasteiger partial charge in [-0.1, -0.05) is 136 Å². The second-order valence-corrected chi connectivity index (χ2v) is 8.99. The van der Waals surface area contributed by atoms with E-state index in [0.29, 0.717) is 0 Å². The van der Waals surface area contributed by atoms with Gasteiger partial charge in [-0.15, -0.1) is 0 Å². The monoisotopic (exact) mass is 446 g/mol. The first-order valence-electron chi connectivity index (χ1n) is 12.4. The fourth-order valence-electron chi connectivity index (χ4n) is 4.43. The zero-order valence-corrected chi connectivity index (χ0v) is 20.9. The lowest BCUT2D eigenvalue weighted by Crippen LogP contribution is -2.05. The second-order valence-electron chi connectivity index (χ2n) is 8.99. The van der Waals surface area contributed by atoms with Gasteiger partial charge in [-0.3, -0.25) is 0 Å². The molecule has 0 amide bonds. The summed E-state index contributed by atoms with van der Waals surface area (Å²) in [5.74, 6) is 0.107. The number of hydrogen-bond acceptors (Lipinski definition) is 0. The largest absolute Gasteiger partial charge is 0.0995 e. The van der Waals surface area contributed by atoms with Gasteiger partial charge in [0.15, 0.2) is 0 Å². The Kier molecular flexibility index (Phi) is 9.47. The minimum absolute atomic E-state index is 0.107. The Bertz CT molecular complexity index is 1130. The Morgan fingerprint density at radius 2 is 1.47 bits per heavy atom. The minimum Gasteiger partial charge on any atom is -0.0995 e. The van der Waals surface area contributed by atoms with E-state index in [1.807, 2.05) is 6.07 Å². The smallest absolute Gasteiger partial charge is 0.0296 e. The van der Waals surface area contributed by atoms with E-state index in [1.54, 1.807) is 0 Å². The molecular weight excluding hydrogens is 408 g/mol. The Morgan fingerprint density at radius 1 is 0.794 bits per heavy atom. The molecule has 0 saturated heterocycles. The van der Waals surface area contributed by atoms with Crippen molar-refractivity contribution in [3.8, 4) is 0 Å². The van der Waals surface area contributed by atoms with Crippen molar-refractivity contribution in [1.82, 2.24) is 0 Å². The van der Waals surface area contributed by atoms with E-state index in [-0.39, 0.29) is 5.92 Å². The quantitative estimate of drug-likeness (QED) is 0.243. The van der Waals surface area contributed by atoms with Crippen molar-refractivity contribution in [2.45, 2.75) is 51.9 Å². The van der Waals surface area contributed by atoms with Gasteiger partial charge >= 0.3 is 0 Å². The summed E-state index contributed by atoms with van der Waals surface area (Å²) in [5.41, 5.74) is 10.1. The standard InChI is InChI=1S/C34H38/c1-6-29-23-24-30(7-2)33(25-29)20-14-15-26(3)21-22-27(4)34(32-18-12-9-13-19-32)28(5)31-16-10-8-11-17-31/h8-14,16-20,23-25,34H,3-7,15,21-22H2,1-2H3/b20-14+. The third-order valence-corrected chi connectivity index (χ3v) is 6.54. The summed E-state index contributed by atoms with van der Waals surface area (Å²) in [6.45, 7) is 17.7. The molecular formula is C34H38. The predicted molar refractivity (Wildman–Crippen MR) is 151 cm³/mol. The third kappa shape index (κ3) is 6.81. The maximum absolute atomic E-state index is 4.50. The van der Waals surface area contributed by atoms with Crippen LogP contribution in [0.1, 0.15) is 66.8 Å². The molecule has 0 radical (unpaired) electrons. The van der Waals surface area contributed by atoms with E-state index in [4.69, 9.17) is 0 Å². The van der Waals surface area contributed by atoms with Crippen LogP contribution < -0.4 is 0 Å². The van der Waals surface area contributed by atoms with Crippen molar-refractivity contribution >= 4 is 11.6 Å². The molecule has 1 unspecified atom stereocenters. The molecule has 0 nitrogen and oxygen atoms in total. The van der Waals surface area contributed by atoms with Crippen LogP contribution in [0, 0.1) is 0 Å². The molecule has 1 atom stereocenters. The molecule has 0 aliphatic rings. The van der Waals surface area contributed by atoms with Gasteiger partial charge in [-0.05, 0) is 65.5 Å². The Morgan fingerprint density at radius 3 is 2.12 bits per heavy atom. The predicted octanol–water partition coefficient (Wildman–Crippen LogP) is 9.60. The maximum Gasteiger partial charge on any atom is 0.0296 e. The van der Waals surface area contributed by atoms with Gasteiger partial charge in [0, 0.05) is 5.92 Å². The number of rotatable bonds is 12. The van der Waals surface area contributed by atoms with Crippen molar-refractivity contribution < 1.29 is 0 Å². The zero-order chi connectivity index (χ0) is 24.3. The molecule has 0 heterocycles. The average Bonchev–Trinajstić information content (AvgIpc) is 2.88.